The van der Waals surface area contributed by atoms with Crippen LogP contribution in [0.1, 0.15) is 28.9 Å². The summed E-state index contributed by atoms with van der Waals surface area (Å²) < 4.78 is 0. The van der Waals surface area contributed by atoms with Gasteiger partial charge in [0.15, 0.2) is 0 Å². The van der Waals surface area contributed by atoms with E-state index in [1.807, 2.05) is 0 Å². The molecule has 1 aromatic heterocycles. The third-order valence-electron chi connectivity index (χ3n) is 2.94. The smallest absolute Gasteiger partial charge is 0.324 e. The molecule has 0 unspecified atom stereocenters. The molecule has 7 heteroatoms. The molecule has 1 fully saturated rings. The van der Waals surface area contributed by atoms with E-state index in [1.165, 1.54) is 18.6 Å². The Morgan fingerprint density at radius 2 is 2.44 bits per heavy atom. The fraction of sp³-hybridized carbons (Fsp3) is 0.545. The average Bonchev–Trinajstić information content (AvgIpc) is 2.99. The molecule has 2 rings (SSSR count). The summed E-state index contributed by atoms with van der Waals surface area (Å²) in [5.74, 6) is -0.230. The van der Waals surface area contributed by atoms with Crippen molar-refractivity contribution in [3.63, 3.8) is 0 Å². The second-order valence-electron chi connectivity index (χ2n) is 4.23. The van der Waals surface area contributed by atoms with Gasteiger partial charge in [-0.25, -0.2) is 0 Å². The number of hydrogen-bond acceptors (Lipinski definition) is 5. The van der Waals surface area contributed by atoms with Crippen molar-refractivity contribution in [3.05, 3.63) is 27.1 Å². The third-order valence-corrected chi connectivity index (χ3v) is 3.97. The molecule has 0 saturated carbocycles. The lowest BCUT2D eigenvalue weighted by Gasteiger charge is -2.09. The van der Waals surface area contributed by atoms with Crippen molar-refractivity contribution in [2.75, 3.05) is 13.1 Å². The Kier molecular flexibility index (Phi) is 4.27. The van der Waals surface area contributed by atoms with Crippen LogP contribution in [-0.4, -0.2) is 30.0 Å². The Morgan fingerprint density at radius 3 is 3.06 bits per heavy atom. The summed E-state index contributed by atoms with van der Waals surface area (Å²) in [6, 6.07) is 3.34. The number of hydrogen-bond donors (Lipinski definition) is 2. The van der Waals surface area contributed by atoms with E-state index in [2.05, 4.69) is 10.6 Å². The van der Waals surface area contributed by atoms with Gasteiger partial charge in [0, 0.05) is 18.7 Å². The van der Waals surface area contributed by atoms with Crippen molar-refractivity contribution in [3.8, 4) is 0 Å². The Hall–Kier alpha value is -1.47. The number of rotatable bonds is 5. The Balaban J connectivity index is 1.77. The van der Waals surface area contributed by atoms with Crippen LogP contribution in [0, 0.1) is 10.1 Å². The first-order valence-corrected chi connectivity index (χ1v) is 6.74. The van der Waals surface area contributed by atoms with Gasteiger partial charge in [-0.1, -0.05) is 11.3 Å². The monoisotopic (exact) mass is 269 g/mol. The molecular weight excluding hydrogens is 254 g/mol. The lowest BCUT2D eigenvalue weighted by Crippen LogP contribution is -2.30. The van der Waals surface area contributed by atoms with E-state index in [1.54, 1.807) is 0 Å². The summed E-state index contributed by atoms with van der Waals surface area (Å²) in [6.45, 7) is 1.65. The zero-order valence-corrected chi connectivity index (χ0v) is 10.7. The van der Waals surface area contributed by atoms with Gasteiger partial charge in [-0.2, -0.15) is 0 Å². The molecule has 0 aromatic carbocycles. The molecule has 1 atom stereocenters. The van der Waals surface area contributed by atoms with E-state index in [4.69, 9.17) is 0 Å². The molecule has 1 aromatic rings. The fourth-order valence-corrected chi connectivity index (χ4v) is 2.73. The number of carbonyl (C=O) groups excluding carboxylic acids is 1. The second-order valence-corrected chi connectivity index (χ2v) is 5.30. The van der Waals surface area contributed by atoms with E-state index >= 15 is 0 Å². The van der Waals surface area contributed by atoms with Crippen LogP contribution in [0.25, 0.3) is 0 Å². The molecule has 2 heterocycles. The first kappa shape index (κ1) is 13.0. The molecule has 6 nitrogen and oxygen atoms in total. The van der Waals surface area contributed by atoms with Crippen molar-refractivity contribution >= 4 is 22.2 Å². The molecule has 1 aliphatic heterocycles. The van der Waals surface area contributed by atoms with Gasteiger partial charge < -0.3 is 10.6 Å². The van der Waals surface area contributed by atoms with Crippen LogP contribution in [0.3, 0.4) is 0 Å². The van der Waals surface area contributed by atoms with Crippen molar-refractivity contribution in [1.29, 1.82) is 0 Å². The van der Waals surface area contributed by atoms with Gasteiger partial charge in [0.25, 0.3) is 5.91 Å². The van der Waals surface area contributed by atoms with Crippen LogP contribution in [0.4, 0.5) is 5.00 Å². The minimum atomic E-state index is -0.482. The molecular formula is C11H15N3O3S. The molecule has 0 aliphatic carbocycles. The highest BCUT2D eigenvalue weighted by Gasteiger charge is 2.16. The predicted octanol–water partition coefficient (Wildman–Crippen LogP) is 1.53. The van der Waals surface area contributed by atoms with Crippen LogP contribution < -0.4 is 10.6 Å². The fourth-order valence-electron chi connectivity index (χ4n) is 2.00. The highest BCUT2D eigenvalue weighted by Crippen LogP contribution is 2.23. The van der Waals surface area contributed by atoms with E-state index < -0.39 is 4.92 Å². The van der Waals surface area contributed by atoms with E-state index in [0.29, 0.717) is 17.5 Å². The van der Waals surface area contributed by atoms with Crippen molar-refractivity contribution in [2.45, 2.75) is 25.3 Å². The minimum absolute atomic E-state index is 0.00221. The Bertz CT molecular complexity index is 440. The maximum atomic E-state index is 11.7. The van der Waals surface area contributed by atoms with Gasteiger partial charge in [-0.3, -0.25) is 14.9 Å². The zero-order chi connectivity index (χ0) is 13.0. The van der Waals surface area contributed by atoms with Gasteiger partial charge in [0.1, 0.15) is 0 Å². The predicted molar refractivity (Wildman–Crippen MR) is 68.9 cm³/mol. The van der Waals surface area contributed by atoms with Crippen molar-refractivity contribution < 1.29 is 9.72 Å². The van der Waals surface area contributed by atoms with E-state index in [9.17, 15) is 14.9 Å². The highest BCUT2D eigenvalue weighted by atomic mass is 32.1. The molecule has 1 aliphatic rings. The highest BCUT2D eigenvalue weighted by molar-refractivity contribution is 7.17. The topological polar surface area (TPSA) is 84.3 Å². The van der Waals surface area contributed by atoms with Crippen LogP contribution >= 0.6 is 11.3 Å². The number of carbonyl (C=O) groups is 1. The van der Waals surface area contributed by atoms with Gasteiger partial charge in [0.05, 0.1) is 9.80 Å². The zero-order valence-electron chi connectivity index (χ0n) is 9.85. The van der Waals surface area contributed by atoms with E-state index in [-0.39, 0.29) is 10.9 Å². The number of nitrogens with one attached hydrogen (secondary N) is 2. The maximum Gasteiger partial charge on any atom is 0.324 e. The van der Waals surface area contributed by atoms with Gasteiger partial charge in [-0.15, -0.1) is 0 Å². The van der Waals surface area contributed by atoms with E-state index in [0.717, 1.165) is 30.7 Å². The molecule has 18 heavy (non-hydrogen) atoms. The summed E-state index contributed by atoms with van der Waals surface area (Å²) in [7, 11) is 0. The molecule has 1 amide bonds. The van der Waals surface area contributed by atoms with Crippen LogP contribution in [0.2, 0.25) is 0 Å². The number of amides is 1. The summed E-state index contributed by atoms with van der Waals surface area (Å²) in [5.41, 5.74) is 0. The normalized spacial score (nSPS) is 18.8. The quantitative estimate of drug-likeness (QED) is 0.627. The van der Waals surface area contributed by atoms with Crippen LogP contribution in [0.15, 0.2) is 12.1 Å². The first-order valence-electron chi connectivity index (χ1n) is 5.92. The van der Waals surface area contributed by atoms with Crippen molar-refractivity contribution in [1.82, 2.24) is 10.6 Å². The van der Waals surface area contributed by atoms with Gasteiger partial charge in [-0.05, 0) is 31.9 Å². The number of nitrogens with zero attached hydrogens (tertiary/aromatic N) is 1. The third kappa shape index (κ3) is 3.27. The van der Waals surface area contributed by atoms with Crippen LogP contribution in [0.5, 0.6) is 0 Å². The summed E-state index contributed by atoms with van der Waals surface area (Å²) in [5, 5.41) is 16.6. The van der Waals surface area contributed by atoms with Crippen LogP contribution in [-0.2, 0) is 0 Å². The molecule has 98 valence electrons. The second kappa shape index (κ2) is 5.92. The van der Waals surface area contributed by atoms with Crippen molar-refractivity contribution in [2.24, 2.45) is 0 Å². The summed E-state index contributed by atoms with van der Waals surface area (Å²) in [6.07, 6.45) is 3.25. The number of thiophene rings is 1. The molecule has 1 saturated heterocycles. The largest absolute Gasteiger partial charge is 0.351 e. The van der Waals surface area contributed by atoms with Gasteiger partial charge >= 0.3 is 5.00 Å². The maximum absolute atomic E-state index is 11.7. The Labute approximate surface area is 109 Å². The molecule has 0 bridgehead atoms. The minimum Gasteiger partial charge on any atom is -0.351 e. The SMILES string of the molecule is O=C(NCC[C@H]1CCCN1)c1ccc([N+](=O)[O-])s1. The average molecular weight is 269 g/mol. The standard InChI is InChI=1S/C11H15N3O3S/c15-11(9-3-4-10(18-9)14(16)17)13-7-5-8-2-1-6-12-8/h3-4,8,12H,1-2,5-7H2,(H,13,15)/t8-/m1/s1. The first-order chi connectivity index (χ1) is 8.66. The Morgan fingerprint density at radius 1 is 1.61 bits per heavy atom. The summed E-state index contributed by atoms with van der Waals surface area (Å²) in [4.78, 5) is 22.1. The number of nitro groups is 1. The lowest BCUT2D eigenvalue weighted by atomic mass is 10.1. The molecule has 0 spiro atoms. The lowest BCUT2D eigenvalue weighted by molar-refractivity contribution is -0.380. The molecule has 2 N–H and O–H groups in total. The van der Waals surface area contributed by atoms with Gasteiger partial charge in [0.2, 0.25) is 0 Å². The molecule has 0 radical (unpaired) electrons. The summed E-state index contributed by atoms with van der Waals surface area (Å²) >= 11 is 0.905.